The second kappa shape index (κ2) is 6.71. The maximum atomic E-state index is 12.1. The molecule has 5 fully saturated rings. The van der Waals surface area contributed by atoms with Crippen molar-refractivity contribution >= 4 is 0 Å². The molecular formula is C26H41NO. The third-order valence-corrected chi connectivity index (χ3v) is 10.4. The third kappa shape index (κ3) is 2.73. The molecule has 0 bridgehead atoms. The van der Waals surface area contributed by atoms with Crippen molar-refractivity contribution < 1.29 is 5.11 Å². The lowest BCUT2D eigenvalue weighted by Gasteiger charge is -2.64. The highest BCUT2D eigenvalue weighted by atomic mass is 16.3. The molecule has 0 aromatic carbocycles. The standard InChI is InChI=1S/C26H41NO/c1-18-15-21-22-5-4-11-24(22,2)12-9-23(21)25(3)13-8-19(16-26(18,25)28)6-7-20-10-14-27-17-20/h6-7,19-23,27-28H,1,4-5,8-17H2,2-3H3/b7-6-/t19-,20-,21+,22+,23+,24+,25-,26+/m1/s1. The topological polar surface area (TPSA) is 32.3 Å². The first-order chi connectivity index (χ1) is 13.4. The van der Waals surface area contributed by atoms with Crippen LogP contribution in [0.15, 0.2) is 24.3 Å². The molecule has 0 unspecified atom stereocenters. The summed E-state index contributed by atoms with van der Waals surface area (Å²) in [5.41, 5.74) is 1.13. The number of allylic oxidation sites excluding steroid dienone is 1. The van der Waals surface area contributed by atoms with E-state index in [4.69, 9.17) is 0 Å². The van der Waals surface area contributed by atoms with Gasteiger partial charge in [0.05, 0.1) is 5.60 Å². The number of hydrogen-bond donors (Lipinski definition) is 2. The van der Waals surface area contributed by atoms with Crippen LogP contribution in [-0.4, -0.2) is 23.8 Å². The summed E-state index contributed by atoms with van der Waals surface area (Å²) in [6, 6.07) is 0. The average molecular weight is 384 g/mol. The summed E-state index contributed by atoms with van der Waals surface area (Å²) < 4.78 is 0. The van der Waals surface area contributed by atoms with E-state index >= 15 is 0 Å². The highest BCUT2D eigenvalue weighted by molar-refractivity contribution is 5.29. The van der Waals surface area contributed by atoms with E-state index in [9.17, 15) is 5.11 Å². The predicted molar refractivity (Wildman–Crippen MR) is 116 cm³/mol. The molecule has 28 heavy (non-hydrogen) atoms. The minimum Gasteiger partial charge on any atom is -0.385 e. The van der Waals surface area contributed by atoms with Gasteiger partial charge in [-0.1, -0.05) is 39.0 Å². The maximum Gasteiger partial charge on any atom is 0.0915 e. The van der Waals surface area contributed by atoms with Gasteiger partial charge in [0.25, 0.3) is 0 Å². The molecule has 0 aromatic rings. The summed E-state index contributed by atoms with van der Waals surface area (Å²) in [5.74, 6) is 3.56. The van der Waals surface area contributed by atoms with Gasteiger partial charge in [0.1, 0.15) is 0 Å². The van der Waals surface area contributed by atoms with Crippen molar-refractivity contribution in [1.29, 1.82) is 0 Å². The second-order valence-corrected chi connectivity index (χ2v) is 11.7. The largest absolute Gasteiger partial charge is 0.385 e. The van der Waals surface area contributed by atoms with Crippen LogP contribution in [0.5, 0.6) is 0 Å². The molecule has 0 amide bonds. The zero-order valence-corrected chi connectivity index (χ0v) is 18.2. The molecular weight excluding hydrogens is 342 g/mol. The van der Waals surface area contributed by atoms with E-state index in [1.165, 1.54) is 56.9 Å². The van der Waals surface area contributed by atoms with Gasteiger partial charge in [-0.2, -0.15) is 0 Å². The summed E-state index contributed by atoms with van der Waals surface area (Å²) in [7, 11) is 0. The van der Waals surface area contributed by atoms with Gasteiger partial charge < -0.3 is 10.4 Å². The summed E-state index contributed by atoms with van der Waals surface area (Å²) in [6.07, 6.45) is 17.5. The molecule has 156 valence electrons. The van der Waals surface area contributed by atoms with E-state index in [0.717, 1.165) is 37.8 Å². The fraction of sp³-hybridized carbons (Fsp3) is 0.846. The zero-order chi connectivity index (χ0) is 19.6. The fourth-order valence-corrected chi connectivity index (χ4v) is 8.58. The highest BCUT2D eigenvalue weighted by Gasteiger charge is 2.64. The van der Waals surface area contributed by atoms with Gasteiger partial charge in [0.15, 0.2) is 0 Å². The SMILES string of the molecule is C=C1C[C@H]2[C@@H]3CCC[C@@]3(C)CC[C@@H]2[C@@]2(C)CC[C@@H](/C=C\[C@@H]3CCNC3)C[C@]12O. The first kappa shape index (κ1) is 19.4. The lowest BCUT2D eigenvalue weighted by Crippen LogP contribution is -2.62. The number of nitrogens with one attached hydrogen (secondary N) is 1. The van der Waals surface area contributed by atoms with Crippen molar-refractivity contribution in [2.75, 3.05) is 13.1 Å². The molecule has 1 aliphatic heterocycles. The predicted octanol–water partition coefficient (Wildman–Crippen LogP) is 5.48. The fourth-order valence-electron chi connectivity index (χ4n) is 8.58. The van der Waals surface area contributed by atoms with Gasteiger partial charge in [0, 0.05) is 12.0 Å². The summed E-state index contributed by atoms with van der Waals surface area (Å²) >= 11 is 0. The van der Waals surface area contributed by atoms with Crippen molar-refractivity contribution in [3.63, 3.8) is 0 Å². The molecule has 0 radical (unpaired) electrons. The van der Waals surface area contributed by atoms with Crippen LogP contribution >= 0.6 is 0 Å². The van der Waals surface area contributed by atoms with E-state index in [0.29, 0.717) is 23.2 Å². The minimum absolute atomic E-state index is 0.0379. The van der Waals surface area contributed by atoms with Crippen LogP contribution in [-0.2, 0) is 0 Å². The Bertz CT molecular complexity index is 663. The monoisotopic (exact) mass is 383 g/mol. The molecule has 5 aliphatic rings. The average Bonchev–Trinajstić information content (AvgIpc) is 3.31. The van der Waals surface area contributed by atoms with Gasteiger partial charge in [0.2, 0.25) is 0 Å². The molecule has 1 saturated heterocycles. The lowest BCUT2D eigenvalue weighted by atomic mass is 9.42. The Morgan fingerprint density at radius 1 is 1.00 bits per heavy atom. The van der Waals surface area contributed by atoms with Crippen LogP contribution in [0.1, 0.15) is 78.1 Å². The lowest BCUT2D eigenvalue weighted by molar-refractivity contribution is -0.177. The van der Waals surface area contributed by atoms with Crippen LogP contribution < -0.4 is 5.32 Å². The number of hydrogen-bond acceptors (Lipinski definition) is 2. The van der Waals surface area contributed by atoms with E-state index < -0.39 is 5.60 Å². The Balaban J connectivity index is 1.38. The molecule has 2 N–H and O–H groups in total. The normalized spacial score (nSPS) is 53.8. The van der Waals surface area contributed by atoms with Crippen LogP contribution in [0.2, 0.25) is 0 Å². The van der Waals surface area contributed by atoms with E-state index in [-0.39, 0.29) is 5.41 Å². The van der Waals surface area contributed by atoms with Gasteiger partial charge >= 0.3 is 0 Å². The number of aliphatic hydroxyl groups is 1. The van der Waals surface area contributed by atoms with Crippen molar-refractivity contribution in [3.8, 4) is 0 Å². The van der Waals surface area contributed by atoms with Crippen LogP contribution in [0.4, 0.5) is 0 Å². The van der Waals surface area contributed by atoms with Crippen LogP contribution in [0.25, 0.3) is 0 Å². The number of fused-ring (bicyclic) bond motifs is 5. The Morgan fingerprint density at radius 2 is 1.82 bits per heavy atom. The Labute approximate surface area is 172 Å². The molecule has 0 aromatic heterocycles. The van der Waals surface area contributed by atoms with Crippen molar-refractivity contribution in [2.45, 2.75) is 83.7 Å². The smallest absolute Gasteiger partial charge is 0.0915 e. The molecule has 5 rings (SSSR count). The van der Waals surface area contributed by atoms with Crippen molar-refractivity contribution in [1.82, 2.24) is 5.32 Å². The minimum atomic E-state index is -0.651. The van der Waals surface area contributed by atoms with Crippen LogP contribution in [0.3, 0.4) is 0 Å². The first-order valence-electron chi connectivity index (χ1n) is 12.2. The molecule has 2 nitrogen and oxygen atoms in total. The van der Waals surface area contributed by atoms with Gasteiger partial charge in [-0.3, -0.25) is 0 Å². The van der Waals surface area contributed by atoms with Gasteiger partial charge in [-0.05, 0) is 105 Å². The van der Waals surface area contributed by atoms with E-state index in [2.05, 4.69) is 37.9 Å². The Hall–Kier alpha value is -0.600. The van der Waals surface area contributed by atoms with E-state index in [1.807, 2.05) is 0 Å². The maximum absolute atomic E-state index is 12.1. The molecule has 2 heteroatoms. The zero-order valence-electron chi connectivity index (χ0n) is 18.2. The van der Waals surface area contributed by atoms with E-state index in [1.54, 1.807) is 0 Å². The molecule has 4 aliphatic carbocycles. The first-order valence-corrected chi connectivity index (χ1v) is 12.2. The van der Waals surface area contributed by atoms with Crippen molar-refractivity contribution in [3.05, 3.63) is 24.3 Å². The second-order valence-electron chi connectivity index (χ2n) is 11.7. The summed E-state index contributed by atoms with van der Waals surface area (Å²) in [6.45, 7) is 11.8. The quantitative estimate of drug-likeness (QED) is 0.619. The molecule has 4 saturated carbocycles. The van der Waals surface area contributed by atoms with Gasteiger partial charge in [-0.15, -0.1) is 0 Å². The highest BCUT2D eigenvalue weighted by Crippen LogP contribution is 2.68. The third-order valence-electron chi connectivity index (χ3n) is 10.4. The Kier molecular flexibility index (Phi) is 4.64. The van der Waals surface area contributed by atoms with Crippen LogP contribution in [0, 0.1) is 40.4 Å². The molecule has 0 spiro atoms. The Morgan fingerprint density at radius 3 is 2.61 bits per heavy atom. The van der Waals surface area contributed by atoms with Crippen molar-refractivity contribution in [2.24, 2.45) is 40.4 Å². The molecule has 1 heterocycles. The van der Waals surface area contributed by atoms with Gasteiger partial charge in [-0.25, -0.2) is 0 Å². The molecule has 8 atom stereocenters. The summed E-state index contributed by atoms with van der Waals surface area (Å²) in [4.78, 5) is 0. The number of rotatable bonds is 2. The summed E-state index contributed by atoms with van der Waals surface area (Å²) in [5, 5.41) is 15.5.